The average molecular weight is 220 g/mol. The lowest BCUT2D eigenvalue weighted by molar-refractivity contribution is 0.491. The Kier molecular flexibility index (Phi) is 3.39. The van der Waals surface area contributed by atoms with Crippen LogP contribution in [-0.2, 0) is 6.42 Å². The molecule has 0 saturated heterocycles. The maximum Gasteiger partial charge on any atom is 0.130 e. The zero-order chi connectivity index (χ0) is 11.4. The highest BCUT2D eigenvalue weighted by Crippen LogP contribution is 2.31. The van der Waals surface area contributed by atoms with Crippen molar-refractivity contribution in [1.82, 2.24) is 9.97 Å². The summed E-state index contributed by atoms with van der Waals surface area (Å²) in [5.41, 5.74) is 7.02. The second-order valence-corrected chi connectivity index (χ2v) is 4.56. The second kappa shape index (κ2) is 4.78. The van der Waals surface area contributed by atoms with Crippen LogP contribution >= 0.6 is 0 Å². The number of rotatable bonds is 4. The molecule has 1 aliphatic rings. The van der Waals surface area contributed by atoms with Crippen LogP contribution in [0.4, 0.5) is 5.82 Å². The van der Waals surface area contributed by atoms with Crippen molar-refractivity contribution < 1.29 is 0 Å². The highest BCUT2D eigenvalue weighted by molar-refractivity contribution is 5.39. The Morgan fingerprint density at radius 2 is 2.12 bits per heavy atom. The van der Waals surface area contributed by atoms with E-state index in [1.54, 1.807) is 6.33 Å². The molecule has 0 radical (unpaired) electrons. The average Bonchev–Trinajstić information content (AvgIpc) is 2.78. The molecular weight excluding hydrogens is 200 g/mol. The Labute approximate surface area is 96.7 Å². The van der Waals surface area contributed by atoms with Crippen LogP contribution in [0.5, 0.6) is 0 Å². The fourth-order valence-corrected chi connectivity index (χ4v) is 2.36. The third-order valence-corrected chi connectivity index (χ3v) is 3.43. The quantitative estimate of drug-likeness (QED) is 0.811. The summed E-state index contributed by atoms with van der Waals surface area (Å²) in [4.78, 5) is 8.46. The molecule has 88 valence electrons. The van der Waals surface area contributed by atoms with Gasteiger partial charge in [0.25, 0.3) is 0 Å². The molecule has 4 heteroatoms. The van der Waals surface area contributed by atoms with E-state index >= 15 is 0 Å². The van der Waals surface area contributed by atoms with Crippen LogP contribution in [0.3, 0.4) is 0 Å². The van der Waals surface area contributed by atoms with Crippen LogP contribution in [0.1, 0.15) is 38.3 Å². The van der Waals surface area contributed by atoms with E-state index in [9.17, 15) is 0 Å². The largest absolute Gasteiger partial charge is 0.363 e. The summed E-state index contributed by atoms with van der Waals surface area (Å²) in [5.74, 6) is 0.916. The molecule has 0 bridgehead atoms. The van der Waals surface area contributed by atoms with E-state index in [-0.39, 0.29) is 5.54 Å². The van der Waals surface area contributed by atoms with Crippen LogP contribution < -0.4 is 11.1 Å². The lowest BCUT2D eigenvalue weighted by Crippen LogP contribution is -2.43. The van der Waals surface area contributed by atoms with Gasteiger partial charge in [0.1, 0.15) is 12.1 Å². The molecule has 4 nitrogen and oxygen atoms in total. The Morgan fingerprint density at radius 1 is 1.38 bits per heavy atom. The maximum atomic E-state index is 5.88. The zero-order valence-corrected chi connectivity index (χ0v) is 9.87. The topological polar surface area (TPSA) is 63.8 Å². The molecule has 1 saturated carbocycles. The highest BCUT2D eigenvalue weighted by Gasteiger charge is 2.32. The number of hydrogen-bond donors (Lipinski definition) is 2. The minimum Gasteiger partial charge on any atom is -0.363 e. The van der Waals surface area contributed by atoms with E-state index in [4.69, 9.17) is 5.73 Å². The number of aryl methyl sites for hydroxylation is 1. The molecule has 0 aromatic carbocycles. The number of hydrogen-bond acceptors (Lipinski definition) is 4. The minimum absolute atomic E-state index is 0.0688. The minimum atomic E-state index is 0.0688. The van der Waals surface area contributed by atoms with Crippen molar-refractivity contribution in [3.8, 4) is 0 Å². The maximum absolute atomic E-state index is 5.88. The molecule has 1 heterocycles. The van der Waals surface area contributed by atoms with Crippen LogP contribution in [0, 0.1) is 0 Å². The van der Waals surface area contributed by atoms with Crippen molar-refractivity contribution >= 4 is 5.82 Å². The predicted octanol–water partition coefficient (Wildman–Crippen LogP) is 1.72. The molecule has 0 spiro atoms. The standard InChI is InChI=1S/C12H20N4/c1-2-10-7-11(15-9-14-10)16-12(8-13)5-3-4-6-12/h7,9H,2-6,8,13H2,1H3,(H,14,15,16). The van der Waals surface area contributed by atoms with E-state index in [1.165, 1.54) is 12.8 Å². The van der Waals surface area contributed by atoms with Crippen LogP contribution in [0.25, 0.3) is 0 Å². The summed E-state index contributed by atoms with van der Waals surface area (Å²) < 4.78 is 0. The fraction of sp³-hybridized carbons (Fsp3) is 0.667. The third-order valence-electron chi connectivity index (χ3n) is 3.43. The van der Waals surface area contributed by atoms with Crippen molar-refractivity contribution in [2.75, 3.05) is 11.9 Å². The van der Waals surface area contributed by atoms with Gasteiger partial charge in [-0.1, -0.05) is 19.8 Å². The van der Waals surface area contributed by atoms with E-state index in [2.05, 4.69) is 22.2 Å². The Balaban J connectivity index is 2.12. The molecule has 0 atom stereocenters. The van der Waals surface area contributed by atoms with Gasteiger partial charge in [-0.15, -0.1) is 0 Å². The van der Waals surface area contributed by atoms with E-state index < -0.39 is 0 Å². The Bertz CT molecular complexity index is 345. The van der Waals surface area contributed by atoms with Crippen molar-refractivity contribution in [2.24, 2.45) is 5.73 Å². The number of aromatic nitrogens is 2. The molecule has 0 amide bonds. The molecule has 1 aliphatic carbocycles. The van der Waals surface area contributed by atoms with Gasteiger partial charge in [0, 0.05) is 18.3 Å². The van der Waals surface area contributed by atoms with Gasteiger partial charge in [0.2, 0.25) is 0 Å². The molecule has 1 fully saturated rings. The van der Waals surface area contributed by atoms with Crippen LogP contribution in [-0.4, -0.2) is 22.1 Å². The molecule has 1 aromatic rings. The number of nitrogens with two attached hydrogens (primary N) is 1. The Morgan fingerprint density at radius 3 is 2.75 bits per heavy atom. The second-order valence-electron chi connectivity index (χ2n) is 4.56. The Hall–Kier alpha value is -1.16. The highest BCUT2D eigenvalue weighted by atomic mass is 15.1. The molecule has 2 rings (SSSR count). The summed E-state index contributed by atoms with van der Waals surface area (Å²) in [6, 6.07) is 2.02. The summed E-state index contributed by atoms with van der Waals surface area (Å²) in [5, 5.41) is 3.50. The van der Waals surface area contributed by atoms with E-state index in [1.807, 2.05) is 6.07 Å². The van der Waals surface area contributed by atoms with E-state index in [0.29, 0.717) is 6.54 Å². The monoisotopic (exact) mass is 220 g/mol. The van der Waals surface area contributed by atoms with Gasteiger partial charge in [-0.25, -0.2) is 9.97 Å². The van der Waals surface area contributed by atoms with Gasteiger partial charge in [0.05, 0.1) is 5.54 Å². The van der Waals surface area contributed by atoms with Crippen molar-refractivity contribution in [2.45, 2.75) is 44.6 Å². The van der Waals surface area contributed by atoms with Crippen LogP contribution in [0.15, 0.2) is 12.4 Å². The van der Waals surface area contributed by atoms with Gasteiger partial charge >= 0.3 is 0 Å². The first-order chi connectivity index (χ1) is 7.78. The third kappa shape index (κ3) is 2.32. The van der Waals surface area contributed by atoms with Crippen LogP contribution in [0.2, 0.25) is 0 Å². The van der Waals surface area contributed by atoms with Gasteiger partial charge in [-0.2, -0.15) is 0 Å². The molecule has 1 aromatic heterocycles. The summed E-state index contributed by atoms with van der Waals surface area (Å²) >= 11 is 0. The first-order valence-corrected chi connectivity index (χ1v) is 6.07. The lowest BCUT2D eigenvalue weighted by atomic mass is 9.98. The normalized spacial score (nSPS) is 18.6. The van der Waals surface area contributed by atoms with Gasteiger partial charge in [0.15, 0.2) is 0 Å². The first kappa shape index (κ1) is 11.3. The van der Waals surface area contributed by atoms with Gasteiger partial charge in [-0.05, 0) is 19.3 Å². The predicted molar refractivity (Wildman–Crippen MR) is 65.3 cm³/mol. The summed E-state index contributed by atoms with van der Waals surface area (Å²) in [7, 11) is 0. The van der Waals surface area contributed by atoms with Crippen molar-refractivity contribution in [1.29, 1.82) is 0 Å². The molecular formula is C12H20N4. The summed E-state index contributed by atoms with van der Waals surface area (Å²) in [6.07, 6.45) is 7.38. The molecule has 3 N–H and O–H groups in total. The number of anilines is 1. The summed E-state index contributed by atoms with van der Waals surface area (Å²) in [6.45, 7) is 2.78. The lowest BCUT2D eigenvalue weighted by Gasteiger charge is -2.29. The van der Waals surface area contributed by atoms with Gasteiger partial charge in [-0.3, -0.25) is 0 Å². The van der Waals surface area contributed by atoms with E-state index in [0.717, 1.165) is 30.8 Å². The van der Waals surface area contributed by atoms with Crippen molar-refractivity contribution in [3.05, 3.63) is 18.1 Å². The molecule has 16 heavy (non-hydrogen) atoms. The number of nitrogens with zero attached hydrogens (tertiary/aromatic N) is 2. The van der Waals surface area contributed by atoms with Crippen molar-refractivity contribution in [3.63, 3.8) is 0 Å². The first-order valence-electron chi connectivity index (χ1n) is 6.07. The zero-order valence-electron chi connectivity index (χ0n) is 9.87. The number of nitrogens with one attached hydrogen (secondary N) is 1. The molecule has 0 unspecified atom stereocenters. The fourth-order valence-electron chi connectivity index (χ4n) is 2.36. The molecule has 0 aliphatic heterocycles. The SMILES string of the molecule is CCc1cc(NC2(CN)CCCC2)ncn1. The smallest absolute Gasteiger partial charge is 0.130 e. The van der Waals surface area contributed by atoms with Gasteiger partial charge < -0.3 is 11.1 Å².